The van der Waals surface area contributed by atoms with Crippen LogP contribution < -0.4 is 5.32 Å². The normalized spacial score (nSPS) is 33.3. The molecule has 0 aromatic heterocycles. The molecule has 1 saturated carbocycles. The van der Waals surface area contributed by atoms with E-state index < -0.39 is 0 Å². The van der Waals surface area contributed by atoms with E-state index in [-0.39, 0.29) is 5.66 Å². The van der Waals surface area contributed by atoms with E-state index in [0.717, 1.165) is 26.3 Å². The summed E-state index contributed by atoms with van der Waals surface area (Å²) in [6.07, 6.45) is 4.96. The molecule has 4 heteroatoms. The molecule has 0 amide bonds. The largest absolute Gasteiger partial charge is 0.508 e. The molecule has 2 aliphatic heterocycles. The van der Waals surface area contributed by atoms with Crippen molar-refractivity contribution in [1.82, 2.24) is 4.90 Å². The Morgan fingerprint density at radius 1 is 1.25 bits per heavy atom. The Morgan fingerprint density at radius 3 is 2.95 bits per heavy atom. The molecule has 1 aliphatic carbocycles. The maximum absolute atomic E-state index is 9.82. The minimum Gasteiger partial charge on any atom is -0.508 e. The van der Waals surface area contributed by atoms with Gasteiger partial charge in [0.15, 0.2) is 0 Å². The fraction of sp³-hybridized carbons (Fsp3) is 0.625. The number of phenols is 1. The van der Waals surface area contributed by atoms with Crippen molar-refractivity contribution in [3.63, 3.8) is 0 Å². The first-order chi connectivity index (χ1) is 9.79. The van der Waals surface area contributed by atoms with Crippen LogP contribution in [0.2, 0.25) is 0 Å². The summed E-state index contributed by atoms with van der Waals surface area (Å²) in [6, 6.07) is 5.78. The number of ether oxygens (including phenoxy) is 1. The van der Waals surface area contributed by atoms with Crippen molar-refractivity contribution in [2.24, 2.45) is 0 Å². The molecule has 4 nitrogen and oxygen atoms in total. The van der Waals surface area contributed by atoms with Crippen molar-refractivity contribution in [2.75, 3.05) is 31.6 Å². The zero-order valence-electron chi connectivity index (χ0n) is 11.8. The maximum atomic E-state index is 9.82. The summed E-state index contributed by atoms with van der Waals surface area (Å²) < 4.78 is 5.52. The van der Waals surface area contributed by atoms with Crippen molar-refractivity contribution in [2.45, 2.75) is 37.3 Å². The first kappa shape index (κ1) is 12.5. The van der Waals surface area contributed by atoms with Crippen molar-refractivity contribution in [1.29, 1.82) is 0 Å². The molecule has 0 unspecified atom stereocenters. The molecule has 1 aromatic rings. The summed E-state index contributed by atoms with van der Waals surface area (Å²) in [5.41, 5.74) is 2.57. The number of anilines is 1. The van der Waals surface area contributed by atoms with E-state index in [9.17, 15) is 5.11 Å². The quantitative estimate of drug-likeness (QED) is 0.772. The first-order valence-electron chi connectivity index (χ1n) is 7.73. The van der Waals surface area contributed by atoms with Crippen LogP contribution in [0, 0.1) is 0 Å². The number of nitrogens with one attached hydrogen (secondary N) is 1. The predicted molar refractivity (Wildman–Crippen MR) is 78.1 cm³/mol. The smallest absolute Gasteiger partial charge is 0.116 e. The summed E-state index contributed by atoms with van der Waals surface area (Å²) >= 11 is 0. The summed E-state index contributed by atoms with van der Waals surface area (Å²) in [7, 11) is 0. The third-order valence-electron chi connectivity index (χ3n) is 5.21. The average molecular weight is 274 g/mol. The lowest BCUT2D eigenvalue weighted by Gasteiger charge is -2.49. The Bertz CT molecular complexity index is 513. The minimum atomic E-state index is 0.0537. The third kappa shape index (κ3) is 1.75. The number of hydrogen-bond acceptors (Lipinski definition) is 4. The number of aromatic hydroxyl groups is 1. The number of fused-ring (bicyclic) bond motifs is 3. The molecule has 2 heterocycles. The first-order valence-corrected chi connectivity index (χ1v) is 7.73. The molecule has 4 rings (SSSR count). The highest BCUT2D eigenvalue weighted by Gasteiger charge is 2.51. The molecule has 2 fully saturated rings. The summed E-state index contributed by atoms with van der Waals surface area (Å²) in [6.45, 7) is 3.67. The molecular weight excluding hydrogens is 252 g/mol. The van der Waals surface area contributed by atoms with E-state index in [4.69, 9.17) is 4.74 Å². The van der Waals surface area contributed by atoms with Gasteiger partial charge in [-0.2, -0.15) is 0 Å². The van der Waals surface area contributed by atoms with Gasteiger partial charge in [0.25, 0.3) is 0 Å². The Hall–Kier alpha value is -1.26. The topological polar surface area (TPSA) is 44.7 Å². The lowest BCUT2D eigenvalue weighted by molar-refractivity contribution is -0.0308. The van der Waals surface area contributed by atoms with Crippen LogP contribution in [0.5, 0.6) is 5.75 Å². The highest BCUT2D eigenvalue weighted by Crippen LogP contribution is 2.52. The molecule has 2 N–H and O–H groups in total. The molecule has 0 bridgehead atoms. The zero-order valence-corrected chi connectivity index (χ0v) is 11.8. The Balaban J connectivity index is 1.74. The number of benzene rings is 1. The maximum Gasteiger partial charge on any atom is 0.116 e. The van der Waals surface area contributed by atoms with E-state index in [0.29, 0.717) is 11.7 Å². The second-order valence-corrected chi connectivity index (χ2v) is 6.22. The number of morpholine rings is 1. The Labute approximate surface area is 119 Å². The van der Waals surface area contributed by atoms with Gasteiger partial charge in [-0.25, -0.2) is 0 Å². The molecule has 0 radical (unpaired) electrons. The van der Waals surface area contributed by atoms with Crippen LogP contribution in [0.15, 0.2) is 18.2 Å². The van der Waals surface area contributed by atoms with E-state index in [2.05, 4.69) is 10.2 Å². The monoisotopic (exact) mass is 274 g/mol. The van der Waals surface area contributed by atoms with E-state index >= 15 is 0 Å². The molecule has 0 spiro atoms. The summed E-state index contributed by atoms with van der Waals surface area (Å²) in [5.74, 6) is 0.880. The van der Waals surface area contributed by atoms with Crippen molar-refractivity contribution in [3.8, 4) is 5.75 Å². The molecule has 2 atom stereocenters. The van der Waals surface area contributed by atoms with Gasteiger partial charge >= 0.3 is 0 Å². The van der Waals surface area contributed by atoms with Gasteiger partial charge < -0.3 is 15.2 Å². The zero-order chi connectivity index (χ0) is 13.6. The summed E-state index contributed by atoms with van der Waals surface area (Å²) in [5, 5.41) is 13.6. The molecule has 20 heavy (non-hydrogen) atoms. The standard InChI is InChI=1S/C16H22N2O2/c19-12-4-5-15-13(11-12)14-3-1-2-6-16(14,17-15)18-7-9-20-10-8-18/h4-5,11,14,17,19H,1-3,6-10H2/t14-,16-/m0/s1. The second kappa shape index (κ2) is 4.64. The van der Waals surface area contributed by atoms with Gasteiger partial charge in [0.05, 0.1) is 18.9 Å². The van der Waals surface area contributed by atoms with Crippen LogP contribution in [0.1, 0.15) is 37.2 Å². The van der Waals surface area contributed by atoms with Crippen molar-refractivity contribution in [3.05, 3.63) is 23.8 Å². The van der Waals surface area contributed by atoms with Gasteiger partial charge in [-0.3, -0.25) is 4.90 Å². The minimum absolute atomic E-state index is 0.0537. The number of phenolic OH excluding ortho intramolecular Hbond substituents is 1. The third-order valence-corrected chi connectivity index (χ3v) is 5.21. The molecular formula is C16H22N2O2. The van der Waals surface area contributed by atoms with E-state index in [1.54, 1.807) is 6.07 Å². The van der Waals surface area contributed by atoms with Gasteiger partial charge in [0.2, 0.25) is 0 Å². The van der Waals surface area contributed by atoms with Gasteiger partial charge in [-0.15, -0.1) is 0 Å². The lowest BCUT2D eigenvalue weighted by Crippen LogP contribution is -2.60. The van der Waals surface area contributed by atoms with Crippen molar-refractivity contribution < 1.29 is 9.84 Å². The predicted octanol–water partition coefficient (Wildman–Crippen LogP) is 2.50. The van der Waals surface area contributed by atoms with Crippen LogP contribution in [0.3, 0.4) is 0 Å². The number of rotatable bonds is 1. The van der Waals surface area contributed by atoms with Gasteiger partial charge in [0.1, 0.15) is 5.75 Å². The highest BCUT2D eigenvalue weighted by atomic mass is 16.5. The van der Waals surface area contributed by atoms with Crippen LogP contribution in [0.25, 0.3) is 0 Å². The van der Waals surface area contributed by atoms with Gasteiger partial charge in [-0.05, 0) is 43.0 Å². The number of hydrogen-bond donors (Lipinski definition) is 2. The van der Waals surface area contributed by atoms with Gasteiger partial charge in [-0.1, -0.05) is 6.42 Å². The van der Waals surface area contributed by atoms with Crippen LogP contribution in [-0.4, -0.2) is 42.0 Å². The van der Waals surface area contributed by atoms with Crippen LogP contribution >= 0.6 is 0 Å². The van der Waals surface area contributed by atoms with E-state index in [1.165, 1.54) is 36.9 Å². The van der Waals surface area contributed by atoms with Gasteiger partial charge in [0, 0.05) is 24.7 Å². The average Bonchev–Trinajstić information content (AvgIpc) is 2.83. The summed E-state index contributed by atoms with van der Waals surface area (Å²) in [4.78, 5) is 2.58. The lowest BCUT2D eigenvalue weighted by atomic mass is 9.76. The fourth-order valence-electron chi connectivity index (χ4n) is 4.32. The number of nitrogens with zero attached hydrogens (tertiary/aromatic N) is 1. The Morgan fingerprint density at radius 2 is 2.10 bits per heavy atom. The molecule has 1 saturated heterocycles. The SMILES string of the molecule is Oc1ccc2c(c1)[C@@H]1CCCC[C@@]1(N1CCOCC1)N2. The molecule has 1 aromatic carbocycles. The second-order valence-electron chi connectivity index (χ2n) is 6.22. The van der Waals surface area contributed by atoms with Crippen LogP contribution in [0.4, 0.5) is 5.69 Å². The fourth-order valence-corrected chi connectivity index (χ4v) is 4.32. The van der Waals surface area contributed by atoms with Crippen molar-refractivity contribution >= 4 is 5.69 Å². The molecule has 3 aliphatic rings. The Kier molecular flexibility index (Phi) is 2.89. The van der Waals surface area contributed by atoms with E-state index in [1.807, 2.05) is 12.1 Å². The highest BCUT2D eigenvalue weighted by molar-refractivity contribution is 5.63. The molecule has 108 valence electrons. The van der Waals surface area contributed by atoms with Crippen LogP contribution in [-0.2, 0) is 4.74 Å².